The van der Waals surface area contributed by atoms with E-state index in [4.69, 9.17) is 5.73 Å². The fraction of sp³-hybridized carbons (Fsp3) is 0.455. The van der Waals surface area contributed by atoms with Gasteiger partial charge in [0.15, 0.2) is 23.3 Å². The molecule has 0 bridgehead atoms. The van der Waals surface area contributed by atoms with Crippen LogP contribution >= 0.6 is 0 Å². The van der Waals surface area contributed by atoms with Gasteiger partial charge in [-0.05, 0) is 18.8 Å². The van der Waals surface area contributed by atoms with E-state index in [1.54, 1.807) is 0 Å². The lowest BCUT2D eigenvalue weighted by atomic mass is 9.77. The van der Waals surface area contributed by atoms with Crippen molar-refractivity contribution in [3.63, 3.8) is 0 Å². The summed E-state index contributed by atoms with van der Waals surface area (Å²) in [5.74, 6) is -9.88. The van der Waals surface area contributed by atoms with Crippen LogP contribution in [0.5, 0.6) is 0 Å². The molecule has 17 heavy (non-hydrogen) atoms. The highest BCUT2D eigenvalue weighted by atomic mass is 19.2. The minimum absolute atomic E-state index is 0.219. The Morgan fingerprint density at radius 2 is 1.24 bits per heavy atom. The van der Waals surface area contributed by atoms with E-state index in [0.29, 0.717) is 12.8 Å². The molecule has 1 aromatic carbocycles. The molecule has 1 saturated carbocycles. The third kappa shape index (κ3) is 1.80. The first-order valence-corrected chi connectivity index (χ1v) is 5.22. The first-order valence-electron chi connectivity index (χ1n) is 5.22. The van der Waals surface area contributed by atoms with Gasteiger partial charge < -0.3 is 5.73 Å². The molecule has 1 aliphatic carbocycles. The molecule has 1 nitrogen and oxygen atoms in total. The Balaban J connectivity index is 2.52. The van der Waals surface area contributed by atoms with Gasteiger partial charge in [-0.1, -0.05) is 6.42 Å². The molecule has 0 aromatic heterocycles. The van der Waals surface area contributed by atoms with E-state index in [-0.39, 0.29) is 5.92 Å². The lowest BCUT2D eigenvalue weighted by Crippen LogP contribution is -2.29. The summed E-state index contributed by atoms with van der Waals surface area (Å²) in [7, 11) is 0. The number of benzene rings is 1. The van der Waals surface area contributed by atoms with Gasteiger partial charge in [-0.25, -0.2) is 22.0 Å². The van der Waals surface area contributed by atoms with Gasteiger partial charge in [0.1, 0.15) is 0 Å². The Kier molecular flexibility index (Phi) is 3.07. The van der Waals surface area contributed by atoms with Crippen LogP contribution < -0.4 is 5.73 Å². The minimum Gasteiger partial charge on any atom is -0.324 e. The van der Waals surface area contributed by atoms with Crippen molar-refractivity contribution in [1.82, 2.24) is 0 Å². The lowest BCUT2D eigenvalue weighted by molar-refractivity contribution is 0.249. The van der Waals surface area contributed by atoms with Crippen LogP contribution in [0.3, 0.4) is 0 Å². The number of halogens is 5. The van der Waals surface area contributed by atoms with E-state index >= 15 is 0 Å². The van der Waals surface area contributed by atoms with Gasteiger partial charge in [-0.2, -0.15) is 0 Å². The van der Waals surface area contributed by atoms with E-state index in [9.17, 15) is 22.0 Å². The van der Waals surface area contributed by atoms with Crippen molar-refractivity contribution in [3.8, 4) is 0 Å². The number of hydrogen-bond donors (Lipinski definition) is 1. The summed E-state index contributed by atoms with van der Waals surface area (Å²) in [4.78, 5) is 0. The zero-order valence-corrected chi connectivity index (χ0v) is 8.74. The van der Waals surface area contributed by atoms with Crippen LogP contribution in [0.2, 0.25) is 0 Å². The van der Waals surface area contributed by atoms with Gasteiger partial charge in [0.2, 0.25) is 5.82 Å². The average molecular weight is 251 g/mol. The van der Waals surface area contributed by atoms with Crippen molar-refractivity contribution in [2.45, 2.75) is 25.3 Å². The van der Waals surface area contributed by atoms with E-state index in [2.05, 4.69) is 0 Å². The SMILES string of the molecule is NC(c1c(F)c(F)c(F)c(F)c1F)C1CCC1. The molecule has 1 unspecified atom stereocenters. The highest BCUT2D eigenvalue weighted by Gasteiger charge is 2.34. The van der Waals surface area contributed by atoms with Gasteiger partial charge >= 0.3 is 0 Å². The Morgan fingerprint density at radius 1 is 0.824 bits per heavy atom. The van der Waals surface area contributed by atoms with Gasteiger partial charge in [-0.15, -0.1) is 0 Å². The molecule has 0 saturated heterocycles. The highest BCUT2D eigenvalue weighted by Crippen LogP contribution is 2.39. The van der Waals surface area contributed by atoms with Crippen LogP contribution in [0.25, 0.3) is 0 Å². The van der Waals surface area contributed by atoms with E-state index < -0.39 is 40.7 Å². The quantitative estimate of drug-likeness (QED) is 0.487. The second-order valence-corrected chi connectivity index (χ2v) is 4.20. The summed E-state index contributed by atoms with van der Waals surface area (Å²) in [6, 6.07) is -1.15. The van der Waals surface area contributed by atoms with Gasteiger partial charge in [0.05, 0.1) is 0 Å². The zero-order valence-electron chi connectivity index (χ0n) is 8.74. The Bertz CT molecular complexity index is 427. The topological polar surface area (TPSA) is 26.0 Å². The molecule has 94 valence electrons. The predicted molar refractivity (Wildman–Crippen MR) is 50.5 cm³/mol. The monoisotopic (exact) mass is 251 g/mol. The smallest absolute Gasteiger partial charge is 0.200 e. The standard InChI is InChI=1S/C11H10F5N/c12-6-5(11(17)4-2-1-3-4)7(13)9(15)10(16)8(6)14/h4,11H,1-3,17H2. The normalized spacial score (nSPS) is 18.0. The largest absolute Gasteiger partial charge is 0.324 e. The highest BCUT2D eigenvalue weighted by molar-refractivity contribution is 5.27. The average Bonchev–Trinajstić information content (AvgIpc) is 2.21. The van der Waals surface area contributed by atoms with Crippen molar-refractivity contribution < 1.29 is 22.0 Å². The van der Waals surface area contributed by atoms with Crippen LogP contribution in [0.1, 0.15) is 30.9 Å². The summed E-state index contributed by atoms with van der Waals surface area (Å²) >= 11 is 0. The maximum absolute atomic E-state index is 13.4. The second-order valence-electron chi connectivity index (χ2n) is 4.20. The molecule has 1 aromatic rings. The summed E-state index contributed by atoms with van der Waals surface area (Å²) in [6.07, 6.45) is 2.13. The van der Waals surface area contributed by atoms with Crippen molar-refractivity contribution in [3.05, 3.63) is 34.6 Å². The van der Waals surface area contributed by atoms with Crippen molar-refractivity contribution in [2.24, 2.45) is 11.7 Å². The van der Waals surface area contributed by atoms with E-state index in [1.807, 2.05) is 0 Å². The van der Waals surface area contributed by atoms with Crippen LogP contribution in [-0.2, 0) is 0 Å². The lowest BCUT2D eigenvalue weighted by Gasteiger charge is -2.31. The zero-order chi connectivity index (χ0) is 12.7. The fourth-order valence-electron chi connectivity index (χ4n) is 1.95. The molecule has 1 atom stereocenters. The van der Waals surface area contributed by atoms with Gasteiger partial charge in [-0.3, -0.25) is 0 Å². The third-order valence-electron chi connectivity index (χ3n) is 3.23. The third-order valence-corrected chi connectivity index (χ3v) is 3.23. The first kappa shape index (κ1) is 12.3. The molecule has 2 rings (SSSR count). The summed E-state index contributed by atoms with van der Waals surface area (Å²) < 4.78 is 65.4. The minimum atomic E-state index is -2.15. The molecule has 0 aliphatic heterocycles. The molecule has 1 aliphatic rings. The predicted octanol–water partition coefficient (Wildman–Crippen LogP) is 3.18. The van der Waals surface area contributed by atoms with Gasteiger partial charge in [0.25, 0.3) is 0 Å². The van der Waals surface area contributed by atoms with E-state index in [1.165, 1.54) is 0 Å². The first-order chi connectivity index (χ1) is 7.95. The van der Waals surface area contributed by atoms with E-state index in [0.717, 1.165) is 6.42 Å². The van der Waals surface area contributed by atoms with Crippen molar-refractivity contribution in [1.29, 1.82) is 0 Å². The number of rotatable bonds is 2. The van der Waals surface area contributed by atoms with Gasteiger partial charge in [0, 0.05) is 11.6 Å². The molecule has 1 fully saturated rings. The summed E-state index contributed by atoms with van der Waals surface area (Å²) in [5.41, 5.74) is 4.66. The Labute approximate surface area is 94.4 Å². The van der Waals surface area contributed by atoms with Crippen LogP contribution in [0.4, 0.5) is 22.0 Å². The fourth-order valence-corrected chi connectivity index (χ4v) is 1.95. The number of hydrogen-bond acceptors (Lipinski definition) is 1. The van der Waals surface area contributed by atoms with Crippen molar-refractivity contribution >= 4 is 0 Å². The molecule has 0 heterocycles. The molecule has 2 N–H and O–H groups in total. The maximum atomic E-state index is 13.4. The van der Waals surface area contributed by atoms with Crippen molar-refractivity contribution in [2.75, 3.05) is 0 Å². The Morgan fingerprint density at radius 3 is 1.59 bits per heavy atom. The molecular weight excluding hydrogens is 241 g/mol. The Hall–Kier alpha value is -1.17. The van der Waals surface area contributed by atoms with Crippen LogP contribution in [0.15, 0.2) is 0 Å². The summed E-state index contributed by atoms with van der Waals surface area (Å²) in [5, 5.41) is 0. The molecule has 6 heteroatoms. The molecular formula is C11H10F5N. The van der Waals surface area contributed by atoms with Crippen LogP contribution in [0, 0.1) is 35.0 Å². The maximum Gasteiger partial charge on any atom is 0.200 e. The molecule has 0 amide bonds. The van der Waals surface area contributed by atoms with Crippen LogP contribution in [-0.4, -0.2) is 0 Å². The summed E-state index contributed by atoms with van der Waals surface area (Å²) in [6.45, 7) is 0. The second kappa shape index (κ2) is 4.25. The number of nitrogens with two attached hydrogens (primary N) is 1. The molecule has 0 radical (unpaired) electrons. The molecule has 0 spiro atoms.